The molecule has 2 aromatic rings. The van der Waals surface area contributed by atoms with E-state index in [0.717, 1.165) is 11.1 Å². The molecule has 0 aromatic heterocycles. The topological polar surface area (TPSA) is 84.5 Å². The summed E-state index contributed by atoms with van der Waals surface area (Å²) in [5, 5.41) is 5.43. The smallest absolute Gasteiger partial charge is 0.337 e. The van der Waals surface area contributed by atoms with Crippen LogP contribution in [0.1, 0.15) is 28.4 Å². The third-order valence-electron chi connectivity index (χ3n) is 3.76. The minimum atomic E-state index is -0.452. The number of nitrogens with one attached hydrogen (secondary N) is 2. The fraction of sp³-hybridized carbons (Fsp3) is 0.190. The van der Waals surface area contributed by atoms with Crippen LogP contribution in [0.5, 0.6) is 0 Å². The quantitative estimate of drug-likeness (QED) is 0.625. The number of benzene rings is 2. The third-order valence-corrected chi connectivity index (χ3v) is 3.76. The molecule has 0 heterocycles. The zero-order valence-electron chi connectivity index (χ0n) is 15.8. The van der Waals surface area contributed by atoms with Crippen molar-refractivity contribution in [1.29, 1.82) is 0 Å². The van der Waals surface area contributed by atoms with Gasteiger partial charge in [0, 0.05) is 23.0 Å². The molecule has 0 aliphatic rings. The molecular formula is C21H22N2O4. The van der Waals surface area contributed by atoms with Crippen LogP contribution in [0.15, 0.2) is 54.1 Å². The Morgan fingerprint density at radius 2 is 1.48 bits per heavy atom. The average Bonchev–Trinajstić information content (AvgIpc) is 2.60. The van der Waals surface area contributed by atoms with E-state index in [1.165, 1.54) is 13.2 Å². The summed E-state index contributed by atoms with van der Waals surface area (Å²) in [5.74, 6) is -1.24. The van der Waals surface area contributed by atoms with Crippen LogP contribution in [0.2, 0.25) is 0 Å². The Morgan fingerprint density at radius 1 is 0.889 bits per heavy atom. The fourth-order valence-electron chi connectivity index (χ4n) is 2.52. The van der Waals surface area contributed by atoms with Crippen LogP contribution in [-0.4, -0.2) is 24.9 Å². The van der Waals surface area contributed by atoms with Crippen molar-refractivity contribution in [3.05, 3.63) is 70.8 Å². The summed E-state index contributed by atoms with van der Waals surface area (Å²) in [4.78, 5) is 35.8. The highest BCUT2D eigenvalue weighted by atomic mass is 16.5. The number of esters is 1. The van der Waals surface area contributed by atoms with Gasteiger partial charge in [-0.2, -0.15) is 0 Å². The highest BCUT2D eigenvalue weighted by molar-refractivity contribution is 6.10. The number of carbonyl (C=O) groups excluding carboxylic acids is 3. The molecule has 2 amide bonds. The maximum Gasteiger partial charge on any atom is 0.337 e. The molecule has 0 fully saturated rings. The number of hydrogen-bond donors (Lipinski definition) is 2. The van der Waals surface area contributed by atoms with Crippen LogP contribution in [0, 0.1) is 13.8 Å². The molecule has 0 saturated carbocycles. The molecule has 0 aliphatic heterocycles. The molecular weight excluding hydrogens is 344 g/mol. The Kier molecular flexibility index (Phi) is 6.49. The molecule has 2 aromatic carbocycles. The Labute approximate surface area is 158 Å². The van der Waals surface area contributed by atoms with Gasteiger partial charge in [-0.25, -0.2) is 4.79 Å². The van der Waals surface area contributed by atoms with E-state index < -0.39 is 11.9 Å². The van der Waals surface area contributed by atoms with Crippen LogP contribution in [0.4, 0.5) is 11.4 Å². The number of amides is 2. The molecule has 6 nitrogen and oxygen atoms in total. The SMILES string of the molecule is COC(=O)c1ccc(NC(=O)/C(C)=C/C(=O)Nc2cc(C)cc(C)c2)cc1. The first-order valence-corrected chi connectivity index (χ1v) is 8.36. The van der Waals surface area contributed by atoms with Gasteiger partial charge in [-0.1, -0.05) is 6.07 Å². The third kappa shape index (κ3) is 5.81. The number of methoxy groups -OCH3 is 1. The molecule has 0 unspecified atom stereocenters. The molecule has 0 spiro atoms. The number of ether oxygens (including phenoxy) is 1. The number of aryl methyl sites for hydroxylation is 2. The summed E-state index contributed by atoms with van der Waals surface area (Å²) in [6.07, 6.45) is 1.25. The first kappa shape index (κ1) is 19.9. The first-order valence-electron chi connectivity index (χ1n) is 8.36. The lowest BCUT2D eigenvalue weighted by Gasteiger charge is -2.08. The molecule has 0 atom stereocenters. The minimum Gasteiger partial charge on any atom is -0.465 e. The van der Waals surface area contributed by atoms with Crippen LogP contribution < -0.4 is 10.6 Å². The fourth-order valence-corrected chi connectivity index (χ4v) is 2.52. The molecule has 6 heteroatoms. The second-order valence-corrected chi connectivity index (χ2v) is 6.22. The second kappa shape index (κ2) is 8.80. The lowest BCUT2D eigenvalue weighted by atomic mass is 10.1. The van der Waals surface area contributed by atoms with Gasteiger partial charge in [0.15, 0.2) is 0 Å². The molecule has 0 radical (unpaired) electrons. The van der Waals surface area contributed by atoms with Crippen molar-refractivity contribution < 1.29 is 19.1 Å². The van der Waals surface area contributed by atoms with E-state index in [-0.39, 0.29) is 11.5 Å². The van der Waals surface area contributed by atoms with Crippen molar-refractivity contribution in [1.82, 2.24) is 0 Å². The first-order chi connectivity index (χ1) is 12.8. The number of hydrogen-bond acceptors (Lipinski definition) is 4. The monoisotopic (exact) mass is 366 g/mol. The molecule has 0 bridgehead atoms. The Balaban J connectivity index is 2.00. The van der Waals surface area contributed by atoms with Gasteiger partial charge in [0.2, 0.25) is 5.91 Å². The van der Waals surface area contributed by atoms with Crippen LogP contribution in [0.25, 0.3) is 0 Å². The lowest BCUT2D eigenvalue weighted by molar-refractivity contribution is -0.114. The molecule has 0 saturated heterocycles. The van der Waals surface area contributed by atoms with E-state index in [1.807, 2.05) is 32.0 Å². The second-order valence-electron chi connectivity index (χ2n) is 6.22. The average molecular weight is 366 g/mol. The Hall–Kier alpha value is -3.41. The predicted molar refractivity (Wildman–Crippen MR) is 105 cm³/mol. The van der Waals surface area contributed by atoms with E-state index in [0.29, 0.717) is 16.9 Å². The van der Waals surface area contributed by atoms with Crippen molar-refractivity contribution in [2.24, 2.45) is 0 Å². The standard InChI is InChI=1S/C21H22N2O4/c1-13-9-14(2)11-18(10-13)22-19(24)12-15(3)20(25)23-17-7-5-16(6-8-17)21(26)27-4/h5-12H,1-4H3,(H,22,24)(H,23,25)/b15-12+. The summed E-state index contributed by atoms with van der Waals surface area (Å²) in [6, 6.07) is 12.0. The summed E-state index contributed by atoms with van der Waals surface area (Å²) < 4.78 is 4.62. The van der Waals surface area contributed by atoms with Gasteiger partial charge in [-0.15, -0.1) is 0 Å². The van der Waals surface area contributed by atoms with Gasteiger partial charge in [0.1, 0.15) is 0 Å². The normalized spacial score (nSPS) is 10.9. The van der Waals surface area contributed by atoms with Crippen LogP contribution in [0.3, 0.4) is 0 Å². The van der Waals surface area contributed by atoms with Gasteiger partial charge >= 0.3 is 5.97 Å². The summed E-state index contributed by atoms with van der Waals surface area (Å²) >= 11 is 0. The van der Waals surface area contributed by atoms with Crippen LogP contribution >= 0.6 is 0 Å². The largest absolute Gasteiger partial charge is 0.465 e. The predicted octanol–water partition coefficient (Wildman–Crippen LogP) is 3.61. The number of anilines is 2. The van der Waals surface area contributed by atoms with Crippen molar-refractivity contribution in [2.45, 2.75) is 20.8 Å². The molecule has 0 aliphatic carbocycles. The highest BCUT2D eigenvalue weighted by Crippen LogP contribution is 2.14. The van der Waals surface area contributed by atoms with E-state index in [1.54, 1.807) is 31.2 Å². The van der Waals surface area contributed by atoms with Gasteiger partial charge in [0.05, 0.1) is 12.7 Å². The zero-order chi connectivity index (χ0) is 20.0. The molecule has 2 N–H and O–H groups in total. The number of rotatable bonds is 5. The maximum atomic E-state index is 12.2. The summed E-state index contributed by atoms with van der Waals surface area (Å²) in [5.41, 5.74) is 3.92. The van der Waals surface area contributed by atoms with Crippen LogP contribution in [-0.2, 0) is 14.3 Å². The maximum absolute atomic E-state index is 12.2. The zero-order valence-corrected chi connectivity index (χ0v) is 15.8. The van der Waals surface area contributed by atoms with Gasteiger partial charge in [0.25, 0.3) is 5.91 Å². The minimum absolute atomic E-state index is 0.258. The highest BCUT2D eigenvalue weighted by Gasteiger charge is 2.09. The summed E-state index contributed by atoms with van der Waals surface area (Å²) in [6.45, 7) is 5.45. The van der Waals surface area contributed by atoms with E-state index in [9.17, 15) is 14.4 Å². The van der Waals surface area contributed by atoms with Gasteiger partial charge in [-0.05, 0) is 68.3 Å². The molecule has 140 valence electrons. The Morgan fingerprint density at radius 3 is 2.04 bits per heavy atom. The van der Waals surface area contributed by atoms with Crippen molar-refractivity contribution in [2.75, 3.05) is 17.7 Å². The van der Waals surface area contributed by atoms with E-state index >= 15 is 0 Å². The summed E-state index contributed by atoms with van der Waals surface area (Å²) in [7, 11) is 1.30. The Bertz CT molecular complexity index is 879. The molecule has 27 heavy (non-hydrogen) atoms. The van der Waals surface area contributed by atoms with Crippen molar-refractivity contribution >= 4 is 29.2 Å². The lowest BCUT2D eigenvalue weighted by Crippen LogP contribution is -2.16. The van der Waals surface area contributed by atoms with Gasteiger partial charge < -0.3 is 15.4 Å². The van der Waals surface area contributed by atoms with Gasteiger partial charge in [-0.3, -0.25) is 9.59 Å². The van der Waals surface area contributed by atoms with E-state index in [2.05, 4.69) is 15.4 Å². The molecule has 2 rings (SSSR count). The van der Waals surface area contributed by atoms with Crippen molar-refractivity contribution in [3.63, 3.8) is 0 Å². The number of carbonyl (C=O) groups is 3. The van der Waals surface area contributed by atoms with E-state index in [4.69, 9.17) is 0 Å². The van der Waals surface area contributed by atoms with Crippen molar-refractivity contribution in [3.8, 4) is 0 Å².